The molecule has 0 fully saturated rings. The van der Waals surface area contributed by atoms with Crippen molar-refractivity contribution in [1.29, 1.82) is 0 Å². The highest BCUT2D eigenvalue weighted by molar-refractivity contribution is 6.09. The van der Waals surface area contributed by atoms with Crippen LogP contribution in [0.1, 0.15) is 0 Å². The standard InChI is InChI=1S/C57H38N4/c1-3-16-39(17-4-1)43-20-13-21-44(36-43)41-32-34-42(35-33-41)55-58-56(47-24-15-25-48(38-47)61-53-30-11-9-27-50(53)51-28-10-12-31-54(51)61)60-57(59-55)52-29-8-7-26-49(52)46-23-14-22-45(37-46)40-18-5-2-6-19-40/h1-38H. The first-order valence-corrected chi connectivity index (χ1v) is 20.6. The van der Waals surface area contributed by atoms with Crippen LogP contribution in [-0.2, 0) is 0 Å². The van der Waals surface area contributed by atoms with Crippen molar-refractivity contribution in [2.75, 3.05) is 0 Å². The molecule has 0 aliphatic rings. The van der Waals surface area contributed by atoms with E-state index >= 15 is 0 Å². The minimum atomic E-state index is 0.607. The third-order valence-corrected chi connectivity index (χ3v) is 11.5. The predicted molar refractivity (Wildman–Crippen MR) is 252 cm³/mol. The predicted octanol–water partition coefficient (Wildman–Crippen LogP) is 14.6. The average Bonchev–Trinajstić information content (AvgIpc) is 3.69. The second-order valence-corrected chi connectivity index (χ2v) is 15.2. The summed E-state index contributed by atoms with van der Waals surface area (Å²) >= 11 is 0. The maximum atomic E-state index is 5.29. The van der Waals surface area contributed by atoms with Crippen molar-refractivity contribution in [2.45, 2.75) is 0 Å². The lowest BCUT2D eigenvalue weighted by atomic mass is 9.95. The van der Waals surface area contributed by atoms with Crippen molar-refractivity contribution in [1.82, 2.24) is 19.5 Å². The van der Waals surface area contributed by atoms with Gasteiger partial charge in [-0.3, -0.25) is 0 Å². The third kappa shape index (κ3) is 6.86. The molecule has 0 unspecified atom stereocenters. The second kappa shape index (κ2) is 15.5. The maximum Gasteiger partial charge on any atom is 0.164 e. The van der Waals surface area contributed by atoms with Crippen LogP contribution in [0.25, 0.3) is 106 Å². The van der Waals surface area contributed by atoms with E-state index in [1.165, 1.54) is 27.5 Å². The zero-order valence-corrected chi connectivity index (χ0v) is 33.2. The van der Waals surface area contributed by atoms with Gasteiger partial charge in [-0.1, -0.05) is 194 Å². The van der Waals surface area contributed by atoms with Gasteiger partial charge in [0.25, 0.3) is 0 Å². The zero-order chi connectivity index (χ0) is 40.5. The number of aromatic nitrogens is 4. The largest absolute Gasteiger partial charge is 0.309 e. The van der Waals surface area contributed by atoms with Gasteiger partial charge in [0.15, 0.2) is 17.5 Å². The van der Waals surface area contributed by atoms with Crippen LogP contribution >= 0.6 is 0 Å². The van der Waals surface area contributed by atoms with E-state index in [0.29, 0.717) is 17.5 Å². The normalized spacial score (nSPS) is 11.3. The molecule has 2 heterocycles. The molecule has 0 radical (unpaired) electrons. The Morgan fingerprint density at radius 1 is 0.246 bits per heavy atom. The van der Waals surface area contributed by atoms with E-state index in [0.717, 1.165) is 61.2 Å². The van der Waals surface area contributed by atoms with Crippen molar-refractivity contribution in [3.8, 4) is 84.4 Å². The van der Waals surface area contributed by atoms with E-state index in [1.54, 1.807) is 0 Å². The lowest BCUT2D eigenvalue weighted by Crippen LogP contribution is -2.02. The fourth-order valence-corrected chi connectivity index (χ4v) is 8.49. The number of fused-ring (bicyclic) bond motifs is 3. The van der Waals surface area contributed by atoms with Gasteiger partial charge in [0.05, 0.1) is 11.0 Å². The van der Waals surface area contributed by atoms with Gasteiger partial charge in [-0.15, -0.1) is 0 Å². The fraction of sp³-hybridized carbons (Fsp3) is 0. The molecular weight excluding hydrogens is 741 g/mol. The maximum absolute atomic E-state index is 5.29. The molecule has 286 valence electrons. The number of nitrogens with zero attached hydrogens (tertiary/aromatic N) is 4. The number of para-hydroxylation sites is 2. The molecule has 0 saturated heterocycles. The van der Waals surface area contributed by atoms with E-state index in [-0.39, 0.29) is 0 Å². The molecule has 0 spiro atoms. The summed E-state index contributed by atoms with van der Waals surface area (Å²) in [6.45, 7) is 0. The first-order valence-electron chi connectivity index (χ1n) is 20.6. The van der Waals surface area contributed by atoms with Crippen LogP contribution in [0, 0.1) is 0 Å². The summed E-state index contributed by atoms with van der Waals surface area (Å²) in [6.07, 6.45) is 0. The molecule has 0 N–H and O–H groups in total. The van der Waals surface area contributed by atoms with Gasteiger partial charge < -0.3 is 4.57 Å². The molecule has 11 aromatic rings. The van der Waals surface area contributed by atoms with Crippen LogP contribution in [0.3, 0.4) is 0 Å². The summed E-state index contributed by atoms with van der Waals surface area (Å²) in [6, 6.07) is 81.1. The third-order valence-electron chi connectivity index (χ3n) is 11.5. The van der Waals surface area contributed by atoms with Gasteiger partial charge in [0.1, 0.15) is 0 Å². The minimum absolute atomic E-state index is 0.607. The summed E-state index contributed by atoms with van der Waals surface area (Å²) in [5.41, 5.74) is 15.2. The van der Waals surface area contributed by atoms with Crippen molar-refractivity contribution < 1.29 is 0 Å². The van der Waals surface area contributed by atoms with Gasteiger partial charge in [0.2, 0.25) is 0 Å². The van der Waals surface area contributed by atoms with Crippen molar-refractivity contribution in [3.63, 3.8) is 0 Å². The molecule has 11 rings (SSSR count). The Hall–Kier alpha value is -8.21. The molecule has 0 bridgehead atoms. The Bertz CT molecular complexity index is 3300. The summed E-state index contributed by atoms with van der Waals surface area (Å²) < 4.78 is 2.33. The van der Waals surface area contributed by atoms with E-state index in [1.807, 2.05) is 6.07 Å². The molecule has 0 aliphatic heterocycles. The van der Waals surface area contributed by atoms with Gasteiger partial charge in [-0.05, 0) is 80.9 Å². The molecule has 0 amide bonds. The lowest BCUT2D eigenvalue weighted by molar-refractivity contribution is 1.07. The molecular formula is C57H38N4. The average molecular weight is 779 g/mol. The van der Waals surface area contributed by atoms with Gasteiger partial charge in [-0.25, -0.2) is 15.0 Å². The molecule has 2 aromatic heterocycles. The number of hydrogen-bond donors (Lipinski definition) is 0. The van der Waals surface area contributed by atoms with Crippen LogP contribution < -0.4 is 0 Å². The highest BCUT2D eigenvalue weighted by atomic mass is 15.0. The van der Waals surface area contributed by atoms with E-state index in [9.17, 15) is 0 Å². The molecule has 61 heavy (non-hydrogen) atoms. The summed E-state index contributed by atoms with van der Waals surface area (Å²) in [5, 5.41) is 2.44. The first kappa shape index (κ1) is 35.9. The number of rotatable bonds is 8. The fourth-order valence-electron chi connectivity index (χ4n) is 8.49. The van der Waals surface area contributed by atoms with E-state index in [2.05, 4.69) is 229 Å². The molecule has 4 heteroatoms. The number of hydrogen-bond acceptors (Lipinski definition) is 3. The number of benzene rings is 9. The van der Waals surface area contributed by atoms with Crippen molar-refractivity contribution >= 4 is 21.8 Å². The Morgan fingerprint density at radius 3 is 1.28 bits per heavy atom. The summed E-state index contributed by atoms with van der Waals surface area (Å²) in [4.78, 5) is 15.8. The van der Waals surface area contributed by atoms with Gasteiger partial charge in [0, 0.05) is 33.2 Å². The van der Waals surface area contributed by atoms with Crippen LogP contribution in [0.4, 0.5) is 0 Å². The van der Waals surface area contributed by atoms with Crippen LogP contribution in [-0.4, -0.2) is 19.5 Å². The SMILES string of the molecule is c1ccc(-c2cccc(-c3ccc(-c4nc(-c5cccc(-n6c7ccccc7c7ccccc76)c5)nc(-c5ccccc5-c5cccc(-c6ccccc6)c5)n4)cc3)c2)cc1. The topological polar surface area (TPSA) is 43.6 Å². The van der Waals surface area contributed by atoms with E-state index < -0.39 is 0 Å². The minimum Gasteiger partial charge on any atom is -0.309 e. The molecule has 4 nitrogen and oxygen atoms in total. The monoisotopic (exact) mass is 778 g/mol. The smallest absolute Gasteiger partial charge is 0.164 e. The van der Waals surface area contributed by atoms with Crippen LogP contribution in [0.15, 0.2) is 231 Å². The van der Waals surface area contributed by atoms with Crippen LogP contribution in [0.2, 0.25) is 0 Å². The second-order valence-electron chi connectivity index (χ2n) is 15.2. The Labute approximate surface area is 354 Å². The highest BCUT2D eigenvalue weighted by Crippen LogP contribution is 2.37. The zero-order valence-electron chi connectivity index (χ0n) is 33.2. The molecule has 0 aliphatic carbocycles. The quantitative estimate of drug-likeness (QED) is 0.154. The summed E-state index contributed by atoms with van der Waals surface area (Å²) in [5.74, 6) is 1.83. The Kier molecular flexibility index (Phi) is 9.14. The van der Waals surface area contributed by atoms with Gasteiger partial charge in [-0.2, -0.15) is 0 Å². The van der Waals surface area contributed by atoms with Crippen LogP contribution in [0.5, 0.6) is 0 Å². The highest BCUT2D eigenvalue weighted by Gasteiger charge is 2.18. The lowest BCUT2D eigenvalue weighted by Gasteiger charge is -2.14. The van der Waals surface area contributed by atoms with Crippen molar-refractivity contribution in [3.05, 3.63) is 231 Å². The molecule has 0 atom stereocenters. The molecule has 9 aromatic carbocycles. The molecule has 0 saturated carbocycles. The van der Waals surface area contributed by atoms with Gasteiger partial charge >= 0.3 is 0 Å². The van der Waals surface area contributed by atoms with Crippen molar-refractivity contribution in [2.24, 2.45) is 0 Å². The first-order chi connectivity index (χ1) is 30.2. The summed E-state index contributed by atoms with van der Waals surface area (Å²) in [7, 11) is 0. The Morgan fingerprint density at radius 2 is 0.656 bits per heavy atom. The Balaban J connectivity index is 1.05. The van der Waals surface area contributed by atoms with E-state index in [4.69, 9.17) is 15.0 Å².